The number of alkyl halides is 3. The number of benzene rings is 2. The lowest BCUT2D eigenvalue weighted by Crippen LogP contribution is -2.38. The molecule has 33 heavy (non-hydrogen) atoms. The van der Waals surface area contributed by atoms with Crippen molar-refractivity contribution in [2.75, 3.05) is 24.5 Å². The van der Waals surface area contributed by atoms with E-state index >= 15 is 0 Å². The molecular weight excluding hydrogens is 455 g/mol. The van der Waals surface area contributed by atoms with Crippen molar-refractivity contribution in [1.82, 2.24) is 9.88 Å². The summed E-state index contributed by atoms with van der Waals surface area (Å²) < 4.78 is 58.7. The fraction of sp³-hybridized carbons (Fsp3) is 0.217. The van der Waals surface area contributed by atoms with Crippen LogP contribution in [0.1, 0.15) is 21.5 Å². The molecule has 1 atom stereocenters. The molecule has 1 amide bonds. The van der Waals surface area contributed by atoms with Gasteiger partial charge in [-0.2, -0.15) is 17.5 Å². The van der Waals surface area contributed by atoms with Crippen molar-refractivity contribution in [1.29, 1.82) is 0 Å². The van der Waals surface area contributed by atoms with E-state index in [2.05, 4.69) is 4.98 Å². The zero-order valence-corrected chi connectivity index (χ0v) is 18.4. The lowest BCUT2D eigenvalue weighted by atomic mass is 10.2. The van der Waals surface area contributed by atoms with Crippen LogP contribution < -0.4 is 9.04 Å². The Hall–Kier alpha value is -3.24. The minimum Gasteiger partial charge on any atom is -0.588 e. The molecule has 0 spiro atoms. The molecule has 0 saturated carbocycles. The Bertz CT molecular complexity index is 1130. The minimum atomic E-state index is -4.48. The van der Waals surface area contributed by atoms with Crippen LogP contribution in [0, 0.1) is 0 Å². The highest BCUT2D eigenvalue weighted by atomic mass is 32.2. The summed E-state index contributed by atoms with van der Waals surface area (Å²) in [7, 11) is 1.67. The van der Waals surface area contributed by atoms with Crippen LogP contribution >= 0.6 is 0 Å². The van der Waals surface area contributed by atoms with Crippen LogP contribution in [0.25, 0.3) is 0 Å². The van der Waals surface area contributed by atoms with Gasteiger partial charge >= 0.3 is 6.18 Å². The van der Waals surface area contributed by atoms with E-state index < -0.39 is 23.1 Å². The molecule has 0 fully saturated rings. The van der Waals surface area contributed by atoms with Gasteiger partial charge in [-0.3, -0.25) is 4.79 Å². The van der Waals surface area contributed by atoms with Crippen molar-refractivity contribution in [2.45, 2.75) is 17.6 Å². The number of ether oxygens (including phenoxy) is 1. The molecular formula is C23H20F3N3O3S. The number of nitrogens with zero attached hydrogens (tertiary/aromatic N) is 3. The molecule has 10 heteroatoms. The second kappa shape index (κ2) is 9.32. The summed E-state index contributed by atoms with van der Waals surface area (Å²) in [6.07, 6.45) is -3.08. The Kier molecular flexibility index (Phi) is 6.48. The molecule has 4 rings (SSSR count). The largest absolute Gasteiger partial charge is 0.588 e. The average molecular weight is 475 g/mol. The number of anilines is 1. The first-order chi connectivity index (χ1) is 15.7. The lowest BCUT2D eigenvalue weighted by molar-refractivity contribution is -0.137. The van der Waals surface area contributed by atoms with E-state index in [4.69, 9.17) is 4.74 Å². The van der Waals surface area contributed by atoms with Gasteiger partial charge in [-0.05, 0) is 35.9 Å². The zero-order chi connectivity index (χ0) is 23.6. The van der Waals surface area contributed by atoms with E-state index in [1.54, 1.807) is 18.0 Å². The van der Waals surface area contributed by atoms with Gasteiger partial charge in [0, 0.05) is 19.8 Å². The summed E-state index contributed by atoms with van der Waals surface area (Å²) in [6.45, 7) is 0.821. The van der Waals surface area contributed by atoms with E-state index in [1.807, 2.05) is 30.3 Å². The van der Waals surface area contributed by atoms with Crippen LogP contribution in [0.4, 0.5) is 18.9 Å². The molecule has 0 aliphatic carbocycles. The summed E-state index contributed by atoms with van der Waals surface area (Å²) in [6, 6.07) is 15.2. The normalized spacial score (nSPS) is 14.3. The Morgan fingerprint density at radius 1 is 1.18 bits per heavy atom. The molecule has 0 radical (unpaired) electrons. The Morgan fingerprint density at radius 2 is 1.88 bits per heavy atom. The third-order valence-corrected chi connectivity index (χ3v) is 6.53. The van der Waals surface area contributed by atoms with Crippen LogP contribution in [0.2, 0.25) is 0 Å². The summed E-state index contributed by atoms with van der Waals surface area (Å²) in [4.78, 5) is 18.9. The van der Waals surface area contributed by atoms with Crippen molar-refractivity contribution in [2.24, 2.45) is 0 Å². The van der Waals surface area contributed by atoms with Crippen LogP contribution in [0.15, 0.2) is 71.8 Å². The van der Waals surface area contributed by atoms with Crippen molar-refractivity contribution in [3.05, 3.63) is 83.6 Å². The highest BCUT2D eigenvalue weighted by Crippen LogP contribution is 2.35. The van der Waals surface area contributed by atoms with Gasteiger partial charge in [0.05, 0.1) is 11.1 Å². The third-order valence-electron chi connectivity index (χ3n) is 5.07. The van der Waals surface area contributed by atoms with Gasteiger partial charge in [-0.1, -0.05) is 30.3 Å². The fourth-order valence-corrected chi connectivity index (χ4v) is 4.58. The maximum Gasteiger partial charge on any atom is 0.416 e. The SMILES string of the molecule is CN(Cc1ccccc1)C(=O)c1cnc2c(c1)N([S+]([O-])c1ccc(C(F)(F)F)cc1)CCO2. The van der Waals surface area contributed by atoms with Crippen molar-refractivity contribution in [3.63, 3.8) is 0 Å². The molecule has 0 N–H and O–H groups in total. The van der Waals surface area contributed by atoms with Crippen LogP contribution in [0.3, 0.4) is 0 Å². The number of fused-ring (bicyclic) bond motifs is 1. The van der Waals surface area contributed by atoms with Gasteiger partial charge < -0.3 is 14.2 Å². The first-order valence-corrected chi connectivity index (χ1v) is 11.1. The van der Waals surface area contributed by atoms with Gasteiger partial charge in [0.15, 0.2) is 4.90 Å². The molecule has 3 aromatic rings. The zero-order valence-electron chi connectivity index (χ0n) is 17.6. The van der Waals surface area contributed by atoms with Crippen LogP contribution in [-0.4, -0.2) is 40.5 Å². The summed E-state index contributed by atoms with van der Waals surface area (Å²) in [5, 5.41) is 0. The molecule has 1 aliphatic rings. The smallest absolute Gasteiger partial charge is 0.416 e. The predicted molar refractivity (Wildman–Crippen MR) is 117 cm³/mol. The van der Waals surface area contributed by atoms with Gasteiger partial charge in [0.25, 0.3) is 5.91 Å². The van der Waals surface area contributed by atoms with Crippen molar-refractivity contribution >= 4 is 23.0 Å². The van der Waals surface area contributed by atoms with E-state index in [0.29, 0.717) is 12.2 Å². The van der Waals surface area contributed by atoms with Crippen molar-refractivity contribution in [3.8, 4) is 5.88 Å². The molecule has 2 aromatic carbocycles. The second-order valence-corrected chi connectivity index (χ2v) is 8.83. The molecule has 6 nitrogen and oxygen atoms in total. The van der Waals surface area contributed by atoms with Crippen LogP contribution in [-0.2, 0) is 24.1 Å². The predicted octanol–water partition coefficient (Wildman–Crippen LogP) is 4.29. The highest BCUT2D eigenvalue weighted by molar-refractivity contribution is 7.92. The number of carbonyl (C=O) groups is 1. The number of carbonyl (C=O) groups excluding carboxylic acids is 1. The number of aromatic nitrogens is 1. The molecule has 1 aliphatic heterocycles. The van der Waals surface area contributed by atoms with Gasteiger partial charge in [0.2, 0.25) is 5.88 Å². The number of hydrogen-bond acceptors (Lipinski definition) is 5. The highest BCUT2D eigenvalue weighted by Gasteiger charge is 2.34. The Morgan fingerprint density at radius 3 is 2.55 bits per heavy atom. The number of pyridine rings is 1. The molecule has 172 valence electrons. The Labute approximate surface area is 191 Å². The van der Waals surface area contributed by atoms with Crippen LogP contribution in [0.5, 0.6) is 5.88 Å². The summed E-state index contributed by atoms with van der Waals surface area (Å²) in [5.41, 5.74) is 0.778. The molecule has 1 unspecified atom stereocenters. The number of halogens is 3. The third kappa shape index (κ3) is 5.07. The van der Waals surface area contributed by atoms with Gasteiger partial charge in [-0.15, -0.1) is 0 Å². The fourth-order valence-electron chi connectivity index (χ4n) is 3.40. The van der Waals surface area contributed by atoms with E-state index in [-0.39, 0.29) is 35.4 Å². The van der Waals surface area contributed by atoms with Gasteiger partial charge in [-0.25, -0.2) is 4.98 Å². The Balaban J connectivity index is 1.57. The summed E-state index contributed by atoms with van der Waals surface area (Å²) >= 11 is -1.81. The maximum atomic E-state index is 13.2. The molecule has 0 saturated heterocycles. The number of rotatable bonds is 5. The molecule has 2 heterocycles. The van der Waals surface area contributed by atoms with E-state index in [9.17, 15) is 22.5 Å². The van der Waals surface area contributed by atoms with E-state index in [0.717, 1.165) is 17.7 Å². The van der Waals surface area contributed by atoms with Gasteiger partial charge in [0.1, 0.15) is 30.2 Å². The second-order valence-electron chi connectivity index (χ2n) is 7.42. The first-order valence-electron chi connectivity index (χ1n) is 10.0. The maximum absolute atomic E-state index is 13.2. The first kappa shape index (κ1) is 22.9. The minimum absolute atomic E-state index is 0.202. The molecule has 0 bridgehead atoms. The average Bonchev–Trinajstić information content (AvgIpc) is 2.82. The lowest BCUT2D eigenvalue weighted by Gasteiger charge is -2.30. The summed E-state index contributed by atoms with van der Waals surface area (Å²) in [5.74, 6) is -0.0660. The standard InChI is InChI=1S/C23H20F3N3O3S/c1-28(15-16-5-3-2-4-6-16)22(30)17-13-20-21(27-14-17)32-12-11-29(20)33(31)19-9-7-18(8-10-19)23(24,25)26/h2-10,13-14H,11-12,15H2,1H3. The number of amides is 1. The quantitative estimate of drug-likeness (QED) is 0.515. The van der Waals surface area contributed by atoms with E-state index in [1.165, 1.54) is 22.6 Å². The monoisotopic (exact) mass is 475 g/mol. The topological polar surface area (TPSA) is 68.7 Å². The molecule has 1 aromatic heterocycles. The van der Waals surface area contributed by atoms with Crippen molar-refractivity contribution < 1.29 is 27.3 Å². The number of hydrogen-bond donors (Lipinski definition) is 0.